The van der Waals surface area contributed by atoms with E-state index in [1.807, 2.05) is 0 Å². The molecule has 1 unspecified atom stereocenters. The fourth-order valence-electron chi connectivity index (χ4n) is 2.82. The lowest BCUT2D eigenvalue weighted by molar-refractivity contribution is -0.122. The summed E-state index contributed by atoms with van der Waals surface area (Å²) in [4.78, 5) is 14.3. The van der Waals surface area contributed by atoms with E-state index in [0.29, 0.717) is 18.9 Å². The number of carbonyl (C=O) groups is 1. The molecule has 0 aromatic heterocycles. The second kappa shape index (κ2) is 9.85. The van der Waals surface area contributed by atoms with Gasteiger partial charge in [0.05, 0.1) is 13.2 Å². The molecule has 1 atom stereocenters. The summed E-state index contributed by atoms with van der Waals surface area (Å²) in [7, 11) is 0. The highest BCUT2D eigenvalue weighted by molar-refractivity contribution is 5.85. The molecule has 1 amide bonds. The van der Waals surface area contributed by atoms with Gasteiger partial charge in [0.2, 0.25) is 5.91 Å². The molecule has 7 heteroatoms. The predicted molar refractivity (Wildman–Crippen MR) is 89.6 cm³/mol. The van der Waals surface area contributed by atoms with Crippen LogP contribution < -0.4 is 10.6 Å². The summed E-state index contributed by atoms with van der Waals surface area (Å²) in [5, 5.41) is 6.40. The van der Waals surface area contributed by atoms with E-state index in [-0.39, 0.29) is 36.3 Å². The maximum absolute atomic E-state index is 11.9. The van der Waals surface area contributed by atoms with Crippen LogP contribution in [0.4, 0.5) is 0 Å². The summed E-state index contributed by atoms with van der Waals surface area (Å²) in [6, 6.07) is 0. The van der Waals surface area contributed by atoms with Crippen molar-refractivity contribution in [3.63, 3.8) is 0 Å². The van der Waals surface area contributed by atoms with Gasteiger partial charge in [-0.3, -0.25) is 9.69 Å². The Morgan fingerprint density at radius 3 is 2.57 bits per heavy atom. The van der Waals surface area contributed by atoms with Crippen molar-refractivity contribution in [3.05, 3.63) is 0 Å². The summed E-state index contributed by atoms with van der Waals surface area (Å²) >= 11 is 0. The number of hydrogen-bond acceptors (Lipinski definition) is 4. The van der Waals surface area contributed by atoms with Crippen LogP contribution in [0.3, 0.4) is 0 Å². The van der Waals surface area contributed by atoms with E-state index in [4.69, 9.17) is 4.74 Å². The summed E-state index contributed by atoms with van der Waals surface area (Å²) in [5.74, 6) is 0.710. The summed E-state index contributed by atoms with van der Waals surface area (Å²) < 4.78 is 5.37. The van der Waals surface area contributed by atoms with Gasteiger partial charge < -0.3 is 15.4 Å². The Balaban J connectivity index is 0.00000200. The smallest absolute Gasteiger partial charge is 0.220 e. The third-order valence-electron chi connectivity index (χ3n) is 4.22. The summed E-state index contributed by atoms with van der Waals surface area (Å²) in [6.07, 6.45) is 1.78. The van der Waals surface area contributed by atoms with E-state index in [1.165, 1.54) is 0 Å². The highest BCUT2D eigenvalue weighted by atomic mass is 35.5. The number of nitrogens with one attached hydrogen (secondary N) is 2. The lowest BCUT2D eigenvalue weighted by Crippen LogP contribution is -2.55. The summed E-state index contributed by atoms with van der Waals surface area (Å²) in [6.45, 7) is 10.6. The van der Waals surface area contributed by atoms with Crippen molar-refractivity contribution in [2.75, 3.05) is 45.9 Å². The van der Waals surface area contributed by atoms with Crippen LogP contribution in [-0.4, -0.2) is 62.3 Å². The van der Waals surface area contributed by atoms with Crippen molar-refractivity contribution in [2.24, 2.45) is 5.92 Å². The molecule has 0 aromatic rings. The number of carbonyl (C=O) groups excluding carboxylic acids is 1. The van der Waals surface area contributed by atoms with Gasteiger partial charge in [0.25, 0.3) is 0 Å². The van der Waals surface area contributed by atoms with E-state index in [9.17, 15) is 4.79 Å². The zero-order valence-corrected chi connectivity index (χ0v) is 14.7. The van der Waals surface area contributed by atoms with E-state index < -0.39 is 0 Å². The van der Waals surface area contributed by atoms with Crippen LogP contribution in [0.2, 0.25) is 0 Å². The van der Waals surface area contributed by atoms with E-state index in [2.05, 4.69) is 29.4 Å². The molecule has 2 aliphatic heterocycles. The maximum Gasteiger partial charge on any atom is 0.220 e. The molecule has 2 heterocycles. The van der Waals surface area contributed by atoms with Crippen LogP contribution in [-0.2, 0) is 9.53 Å². The van der Waals surface area contributed by atoms with Crippen molar-refractivity contribution in [1.82, 2.24) is 15.5 Å². The zero-order chi connectivity index (χ0) is 13.7. The first-order valence-electron chi connectivity index (χ1n) is 7.38. The molecular formula is C14H29Cl2N3O2. The maximum atomic E-state index is 11.9. The zero-order valence-electron chi connectivity index (χ0n) is 13.0. The molecule has 2 N–H and O–H groups in total. The predicted octanol–water partition coefficient (Wildman–Crippen LogP) is 1.06. The molecule has 2 rings (SSSR count). The van der Waals surface area contributed by atoms with Crippen molar-refractivity contribution in [3.8, 4) is 0 Å². The van der Waals surface area contributed by atoms with Gasteiger partial charge in [-0.05, 0) is 39.3 Å². The van der Waals surface area contributed by atoms with Gasteiger partial charge in [-0.25, -0.2) is 0 Å². The van der Waals surface area contributed by atoms with Crippen LogP contribution in [0.15, 0.2) is 0 Å². The second-order valence-corrected chi connectivity index (χ2v) is 6.25. The molecule has 0 aromatic carbocycles. The average molecular weight is 342 g/mol. The Labute approximate surface area is 140 Å². The Morgan fingerprint density at radius 2 is 2.00 bits per heavy atom. The molecule has 2 saturated heterocycles. The van der Waals surface area contributed by atoms with Crippen LogP contribution in [0.1, 0.15) is 26.7 Å². The number of morpholine rings is 1. The molecule has 2 fully saturated rings. The number of nitrogens with zero attached hydrogens (tertiary/aromatic N) is 1. The first kappa shape index (κ1) is 20.9. The standard InChI is InChI=1S/C14H27N3O2.2ClH/c1-14(2,17-5-7-19-8-6-17)11-16-13(18)9-12-3-4-15-10-12;;/h12,15H,3-11H2,1-2H3,(H,16,18);2*1H. The lowest BCUT2D eigenvalue weighted by Gasteiger charge is -2.40. The lowest BCUT2D eigenvalue weighted by atomic mass is 10.0. The molecule has 5 nitrogen and oxygen atoms in total. The Bertz CT molecular complexity index is 305. The van der Waals surface area contributed by atoms with Gasteiger partial charge in [0, 0.05) is 31.6 Å². The third-order valence-corrected chi connectivity index (χ3v) is 4.22. The quantitative estimate of drug-likeness (QED) is 0.784. The molecule has 0 aliphatic carbocycles. The molecule has 21 heavy (non-hydrogen) atoms. The van der Waals surface area contributed by atoms with Gasteiger partial charge in [0.15, 0.2) is 0 Å². The minimum Gasteiger partial charge on any atom is -0.379 e. The average Bonchev–Trinajstić information content (AvgIpc) is 2.90. The number of amides is 1. The van der Waals surface area contributed by atoms with Crippen molar-refractivity contribution in [2.45, 2.75) is 32.2 Å². The number of halogens is 2. The molecule has 0 radical (unpaired) electrons. The monoisotopic (exact) mass is 341 g/mol. The van der Waals surface area contributed by atoms with Crippen LogP contribution in [0, 0.1) is 5.92 Å². The minimum absolute atomic E-state index is 0. The van der Waals surface area contributed by atoms with E-state index in [0.717, 1.165) is 45.8 Å². The molecule has 2 aliphatic rings. The highest BCUT2D eigenvalue weighted by Gasteiger charge is 2.29. The molecular weight excluding hydrogens is 313 g/mol. The minimum atomic E-state index is 0. The topological polar surface area (TPSA) is 53.6 Å². The Morgan fingerprint density at radius 1 is 1.33 bits per heavy atom. The number of ether oxygens (including phenoxy) is 1. The Kier molecular flexibility index (Phi) is 9.81. The van der Waals surface area contributed by atoms with Gasteiger partial charge >= 0.3 is 0 Å². The SMILES string of the molecule is CC(C)(CNC(=O)CC1CCNC1)N1CCOCC1.Cl.Cl. The first-order valence-corrected chi connectivity index (χ1v) is 7.38. The molecule has 126 valence electrons. The fourth-order valence-corrected chi connectivity index (χ4v) is 2.82. The van der Waals surface area contributed by atoms with Gasteiger partial charge in [0.1, 0.15) is 0 Å². The number of rotatable bonds is 5. The third kappa shape index (κ3) is 6.70. The second-order valence-electron chi connectivity index (χ2n) is 6.25. The first-order chi connectivity index (χ1) is 9.08. The van der Waals surface area contributed by atoms with Crippen molar-refractivity contribution in [1.29, 1.82) is 0 Å². The largest absolute Gasteiger partial charge is 0.379 e. The normalized spacial score (nSPS) is 23.0. The van der Waals surface area contributed by atoms with Crippen LogP contribution in [0.5, 0.6) is 0 Å². The number of hydrogen-bond donors (Lipinski definition) is 2. The van der Waals surface area contributed by atoms with Crippen LogP contribution >= 0.6 is 24.8 Å². The van der Waals surface area contributed by atoms with Crippen molar-refractivity contribution >= 4 is 30.7 Å². The van der Waals surface area contributed by atoms with Crippen LogP contribution in [0.25, 0.3) is 0 Å². The molecule has 0 saturated carbocycles. The van der Waals surface area contributed by atoms with Gasteiger partial charge in [-0.15, -0.1) is 24.8 Å². The molecule has 0 spiro atoms. The van der Waals surface area contributed by atoms with Gasteiger partial charge in [-0.1, -0.05) is 0 Å². The van der Waals surface area contributed by atoms with E-state index in [1.54, 1.807) is 0 Å². The highest BCUT2D eigenvalue weighted by Crippen LogP contribution is 2.16. The van der Waals surface area contributed by atoms with Gasteiger partial charge in [-0.2, -0.15) is 0 Å². The molecule has 0 bridgehead atoms. The van der Waals surface area contributed by atoms with E-state index >= 15 is 0 Å². The fraction of sp³-hybridized carbons (Fsp3) is 0.929. The summed E-state index contributed by atoms with van der Waals surface area (Å²) in [5.41, 5.74) is 0.00731. The Hall–Kier alpha value is -0.0700. The van der Waals surface area contributed by atoms with Crippen molar-refractivity contribution < 1.29 is 9.53 Å².